The normalized spacial score (nSPS) is 13.5. The first-order chi connectivity index (χ1) is 21.8. The summed E-state index contributed by atoms with van der Waals surface area (Å²) in [5.74, 6) is 0. The summed E-state index contributed by atoms with van der Waals surface area (Å²) in [5, 5.41) is 2.05. The minimum Gasteiger partial charge on any atom is -0.245 e. The Labute approximate surface area is 283 Å². The fourth-order valence-electron chi connectivity index (χ4n) is 6.34. The van der Waals surface area contributed by atoms with E-state index in [1.807, 2.05) is 12.4 Å². The van der Waals surface area contributed by atoms with Crippen LogP contribution in [0.25, 0.3) is 12.2 Å². The maximum Gasteiger partial charge on any atom is 0.245 e. The minimum atomic E-state index is 0.109. The minimum absolute atomic E-state index is 0.109. The van der Waals surface area contributed by atoms with Gasteiger partial charge in [-0.1, -0.05) is 124 Å². The molecule has 0 saturated carbocycles. The Hall–Kier alpha value is -3.80. The van der Waals surface area contributed by atoms with Crippen molar-refractivity contribution in [3.8, 4) is 0 Å². The largest absolute Gasteiger partial charge is 0.245 e. The lowest BCUT2D eigenvalue weighted by Crippen LogP contribution is -2.54. The van der Waals surface area contributed by atoms with Crippen LogP contribution >= 0.6 is 22.7 Å². The van der Waals surface area contributed by atoms with Crippen molar-refractivity contribution in [2.24, 2.45) is 9.98 Å². The van der Waals surface area contributed by atoms with Gasteiger partial charge in [-0.15, -0.1) is 22.7 Å². The second kappa shape index (κ2) is 12.4. The molecule has 0 unspecified atom stereocenters. The third-order valence-electron chi connectivity index (χ3n) is 8.83. The predicted molar refractivity (Wildman–Crippen MR) is 208 cm³/mol. The highest BCUT2D eigenvalue weighted by atomic mass is 32.1. The molecule has 5 heteroatoms. The Morgan fingerprint density at radius 3 is 1.33 bits per heavy atom. The molecule has 5 aromatic rings. The van der Waals surface area contributed by atoms with Crippen LogP contribution in [0.3, 0.4) is 0 Å². The summed E-state index contributed by atoms with van der Waals surface area (Å²) >= 11 is 3.53. The molecule has 0 aliphatic carbocycles. The van der Waals surface area contributed by atoms with E-state index in [0.717, 1.165) is 21.1 Å². The van der Waals surface area contributed by atoms with Gasteiger partial charge in [-0.2, -0.15) is 0 Å². The molecular formula is C41H43BN2S2. The highest BCUT2D eigenvalue weighted by Crippen LogP contribution is 2.32. The van der Waals surface area contributed by atoms with Gasteiger partial charge < -0.3 is 0 Å². The molecule has 2 aromatic heterocycles. The summed E-state index contributed by atoms with van der Waals surface area (Å²) in [6, 6.07) is 26.8. The van der Waals surface area contributed by atoms with Crippen molar-refractivity contribution in [2.75, 3.05) is 0 Å². The number of rotatable bonds is 5. The monoisotopic (exact) mass is 638 g/mol. The van der Waals surface area contributed by atoms with Gasteiger partial charge in [0.25, 0.3) is 0 Å². The topological polar surface area (TPSA) is 24.7 Å². The van der Waals surface area contributed by atoms with Gasteiger partial charge >= 0.3 is 0 Å². The summed E-state index contributed by atoms with van der Waals surface area (Å²) in [6.07, 6.45) is 8.55. The van der Waals surface area contributed by atoms with Gasteiger partial charge in [0.1, 0.15) is 10.0 Å². The van der Waals surface area contributed by atoms with Crippen LogP contribution in [-0.4, -0.2) is 19.1 Å². The standard InChI is InChI=1S/C41H43BN2S2/c1-26-20-27(2)39(28(3)21-26)42-33-22-37(43-24-29-10-14-31(15-11-29)40(4,5)6)45-35(33)18-19-36-34(42)23-38(46-36)44-25-30-12-16-32(17-13-30)41(7,8)9/h10-25H,1-9H3/b43-24+,44-25+. The number of hydrogen-bond acceptors (Lipinski definition) is 4. The zero-order valence-corrected chi connectivity index (χ0v) is 30.2. The van der Waals surface area contributed by atoms with E-state index < -0.39 is 0 Å². The van der Waals surface area contributed by atoms with Gasteiger partial charge in [0.05, 0.1) is 0 Å². The van der Waals surface area contributed by atoms with E-state index in [1.54, 1.807) is 22.7 Å². The molecule has 1 aliphatic heterocycles. The Kier molecular flexibility index (Phi) is 8.69. The van der Waals surface area contributed by atoms with Crippen molar-refractivity contribution in [2.45, 2.75) is 73.1 Å². The average Bonchev–Trinajstić information content (AvgIpc) is 3.56. The number of aliphatic imine (C=N–C) groups is 2. The van der Waals surface area contributed by atoms with Crippen LogP contribution in [0.4, 0.5) is 10.0 Å². The van der Waals surface area contributed by atoms with Crippen LogP contribution in [0.5, 0.6) is 0 Å². The van der Waals surface area contributed by atoms with Crippen molar-refractivity contribution in [1.29, 1.82) is 0 Å². The van der Waals surface area contributed by atoms with E-state index in [0.29, 0.717) is 0 Å². The van der Waals surface area contributed by atoms with E-state index in [4.69, 9.17) is 9.98 Å². The van der Waals surface area contributed by atoms with E-state index in [-0.39, 0.29) is 17.5 Å². The van der Waals surface area contributed by atoms with E-state index >= 15 is 0 Å². The second-order valence-corrected chi connectivity index (χ2v) is 16.8. The lowest BCUT2D eigenvalue weighted by molar-refractivity contribution is 0.590. The predicted octanol–water partition coefficient (Wildman–Crippen LogP) is 9.83. The Balaban J connectivity index is 1.37. The number of hydrogen-bond donors (Lipinski definition) is 0. The van der Waals surface area contributed by atoms with Crippen LogP contribution in [0.2, 0.25) is 0 Å². The summed E-state index contributed by atoms with van der Waals surface area (Å²) in [5.41, 5.74) is 13.1. The molecule has 0 spiro atoms. The molecule has 1 aliphatic rings. The van der Waals surface area contributed by atoms with E-state index in [2.05, 4.69) is 147 Å². The lowest BCUT2D eigenvalue weighted by Gasteiger charge is -2.19. The summed E-state index contributed by atoms with van der Waals surface area (Å²) in [4.78, 5) is 12.5. The Morgan fingerprint density at radius 2 is 0.957 bits per heavy atom. The van der Waals surface area contributed by atoms with Gasteiger partial charge in [-0.3, -0.25) is 0 Å². The molecule has 0 N–H and O–H groups in total. The first kappa shape index (κ1) is 32.2. The fourth-order valence-corrected chi connectivity index (χ4v) is 8.24. The maximum absolute atomic E-state index is 4.98. The fraction of sp³-hybridized carbons (Fsp3) is 0.268. The van der Waals surface area contributed by atoms with Gasteiger partial charge in [0.15, 0.2) is 0 Å². The van der Waals surface area contributed by atoms with Crippen molar-refractivity contribution in [3.05, 3.63) is 121 Å². The summed E-state index contributed by atoms with van der Waals surface area (Å²) < 4.78 is 0. The molecule has 2 nitrogen and oxygen atoms in total. The molecule has 0 amide bonds. The molecule has 3 aromatic carbocycles. The van der Waals surface area contributed by atoms with Gasteiger partial charge in [-0.05, 0) is 89.1 Å². The number of aryl methyl sites for hydroxylation is 3. The average molecular weight is 639 g/mol. The second-order valence-electron chi connectivity index (χ2n) is 14.6. The Bertz CT molecular complexity index is 1830. The molecule has 0 atom stereocenters. The van der Waals surface area contributed by atoms with Gasteiger partial charge in [0.2, 0.25) is 6.71 Å². The van der Waals surface area contributed by atoms with Crippen molar-refractivity contribution in [3.63, 3.8) is 0 Å². The van der Waals surface area contributed by atoms with Crippen LogP contribution in [0.15, 0.2) is 82.8 Å². The summed E-state index contributed by atoms with van der Waals surface area (Å²) in [7, 11) is 0. The van der Waals surface area contributed by atoms with Crippen molar-refractivity contribution < 1.29 is 0 Å². The highest BCUT2D eigenvalue weighted by Gasteiger charge is 2.33. The molecule has 0 fully saturated rings. The van der Waals surface area contributed by atoms with Crippen molar-refractivity contribution in [1.82, 2.24) is 0 Å². The third kappa shape index (κ3) is 6.82. The number of benzene rings is 3. The Morgan fingerprint density at radius 1 is 0.565 bits per heavy atom. The van der Waals surface area contributed by atoms with Gasteiger partial charge in [-0.25, -0.2) is 9.98 Å². The quantitative estimate of drug-likeness (QED) is 0.133. The molecule has 6 rings (SSSR count). The van der Waals surface area contributed by atoms with Crippen LogP contribution < -0.4 is 16.4 Å². The molecule has 232 valence electrons. The zero-order valence-electron chi connectivity index (χ0n) is 28.5. The van der Waals surface area contributed by atoms with Crippen molar-refractivity contribution >= 4 is 80.4 Å². The number of nitrogens with zero attached hydrogens (tertiary/aromatic N) is 2. The molecular weight excluding hydrogens is 595 g/mol. The number of fused-ring (bicyclic) bond motifs is 2. The molecule has 0 bridgehead atoms. The van der Waals surface area contributed by atoms with Crippen LogP contribution in [0.1, 0.15) is 90.2 Å². The SMILES string of the molecule is Cc1cc(C)c(B2c3cc(/N=C/c4ccc(C(C)(C)C)cc4)sc3C=Cc3sc(/N=C/c4ccc(C(C)(C)C)cc4)cc32)c(C)c1. The zero-order chi connectivity index (χ0) is 32.8. The van der Waals surface area contributed by atoms with E-state index in [1.165, 1.54) is 54.0 Å². The summed E-state index contributed by atoms with van der Waals surface area (Å²) in [6.45, 7) is 20.3. The smallest absolute Gasteiger partial charge is 0.245 e. The van der Waals surface area contributed by atoms with E-state index in [9.17, 15) is 0 Å². The first-order valence-electron chi connectivity index (χ1n) is 16.1. The third-order valence-corrected chi connectivity index (χ3v) is 10.9. The molecule has 0 saturated heterocycles. The molecule has 3 heterocycles. The van der Waals surface area contributed by atoms with Gasteiger partial charge in [0, 0.05) is 22.2 Å². The maximum atomic E-state index is 4.98. The lowest BCUT2D eigenvalue weighted by atomic mass is 9.35. The highest BCUT2D eigenvalue weighted by molar-refractivity contribution is 7.22. The molecule has 0 radical (unpaired) electrons. The molecule has 46 heavy (non-hydrogen) atoms. The van der Waals surface area contributed by atoms with Crippen LogP contribution in [0, 0.1) is 20.8 Å². The van der Waals surface area contributed by atoms with Crippen LogP contribution in [-0.2, 0) is 10.8 Å². The first-order valence-corrected chi connectivity index (χ1v) is 17.7. The number of thiophene rings is 2.